The van der Waals surface area contributed by atoms with E-state index in [0.717, 1.165) is 19.3 Å². The Morgan fingerprint density at radius 1 is 1.25 bits per heavy atom. The molecule has 154 valence electrons. The minimum absolute atomic E-state index is 0.0244. The van der Waals surface area contributed by atoms with E-state index in [4.69, 9.17) is 4.74 Å². The Kier molecular flexibility index (Phi) is 5.43. The molecule has 0 aromatic heterocycles. The van der Waals surface area contributed by atoms with Gasteiger partial charge in [-0.15, -0.1) is 0 Å². The second-order valence-corrected chi connectivity index (χ2v) is 9.12. The Balaban J connectivity index is 1.94. The third kappa shape index (κ3) is 3.27. The first-order valence-electron chi connectivity index (χ1n) is 10.1. The van der Waals surface area contributed by atoms with Crippen molar-refractivity contribution in [2.45, 2.75) is 52.9 Å². The van der Waals surface area contributed by atoms with Gasteiger partial charge in [-0.3, -0.25) is 9.59 Å². The van der Waals surface area contributed by atoms with Gasteiger partial charge in [0.25, 0.3) is 0 Å². The van der Waals surface area contributed by atoms with Crippen molar-refractivity contribution in [2.75, 3.05) is 6.61 Å². The molecule has 0 bridgehead atoms. The summed E-state index contributed by atoms with van der Waals surface area (Å²) in [7, 11) is 0. The lowest BCUT2D eigenvalue weighted by molar-refractivity contribution is -0.165. The van der Waals surface area contributed by atoms with Crippen LogP contribution in [-0.4, -0.2) is 34.7 Å². The highest BCUT2D eigenvalue weighted by molar-refractivity contribution is 5.90. The first kappa shape index (κ1) is 20.6. The van der Waals surface area contributed by atoms with Gasteiger partial charge >= 0.3 is 17.9 Å². The molecule has 0 heterocycles. The molecule has 6 unspecified atom stereocenters. The first-order chi connectivity index (χ1) is 13.1. The molecule has 0 aromatic carbocycles. The van der Waals surface area contributed by atoms with Crippen LogP contribution in [0, 0.1) is 34.5 Å². The fourth-order valence-corrected chi connectivity index (χ4v) is 6.13. The lowest BCUT2D eigenvalue weighted by atomic mass is 9.50. The number of hydrogen-bond donors (Lipinski definition) is 2. The van der Waals surface area contributed by atoms with Crippen LogP contribution in [0.5, 0.6) is 0 Å². The summed E-state index contributed by atoms with van der Waals surface area (Å²) in [4.78, 5) is 35.3. The van der Waals surface area contributed by atoms with Crippen LogP contribution in [0.2, 0.25) is 0 Å². The number of esters is 1. The van der Waals surface area contributed by atoms with Crippen LogP contribution >= 0.6 is 0 Å². The van der Waals surface area contributed by atoms with Gasteiger partial charge in [-0.1, -0.05) is 32.1 Å². The molecule has 3 aliphatic carbocycles. The zero-order chi connectivity index (χ0) is 20.7. The molecule has 6 atom stereocenters. The van der Waals surface area contributed by atoms with Crippen LogP contribution in [0.25, 0.3) is 0 Å². The molecular weight excluding hydrogens is 360 g/mol. The Bertz CT molecular complexity index is 737. The van der Waals surface area contributed by atoms with Crippen molar-refractivity contribution in [3.05, 3.63) is 23.8 Å². The fourth-order valence-electron chi connectivity index (χ4n) is 6.13. The molecule has 2 fully saturated rings. The van der Waals surface area contributed by atoms with E-state index in [1.54, 1.807) is 12.2 Å². The number of fused-ring (bicyclic) bond motifs is 3. The van der Waals surface area contributed by atoms with Gasteiger partial charge in [-0.2, -0.15) is 0 Å². The van der Waals surface area contributed by atoms with Gasteiger partial charge in [-0.05, 0) is 61.2 Å². The fraction of sp³-hybridized carbons (Fsp3) is 0.682. The zero-order valence-electron chi connectivity index (χ0n) is 16.8. The molecule has 0 amide bonds. The molecule has 3 aliphatic rings. The molecule has 28 heavy (non-hydrogen) atoms. The molecular formula is C22H30O6. The Morgan fingerprint density at radius 3 is 2.57 bits per heavy atom. The standard InChI is InChI=1S/C22H30O6/c1-13(12-28-14(2)23)16-6-7-18-17-5-4-15(19(24)25)8-9-21(17,3)10-11-22(16,18)20(26)27/h4-5,8,13,16-18H,6-7,9-12H2,1-3H3,(H,24,25)(H,26,27). The summed E-state index contributed by atoms with van der Waals surface area (Å²) < 4.78 is 5.19. The Morgan fingerprint density at radius 2 is 1.96 bits per heavy atom. The first-order valence-corrected chi connectivity index (χ1v) is 10.1. The van der Waals surface area contributed by atoms with Crippen molar-refractivity contribution >= 4 is 17.9 Å². The average Bonchev–Trinajstić information content (AvgIpc) is 2.92. The molecule has 0 aliphatic heterocycles. The summed E-state index contributed by atoms with van der Waals surface area (Å²) in [5.41, 5.74) is -0.693. The summed E-state index contributed by atoms with van der Waals surface area (Å²) in [5.74, 6) is -2.15. The molecule has 2 saturated carbocycles. The van der Waals surface area contributed by atoms with Crippen LogP contribution in [0.15, 0.2) is 23.8 Å². The lowest BCUT2D eigenvalue weighted by Crippen LogP contribution is -2.52. The van der Waals surface area contributed by atoms with E-state index in [2.05, 4.69) is 6.92 Å². The van der Waals surface area contributed by atoms with E-state index in [9.17, 15) is 24.6 Å². The number of ether oxygens (including phenoxy) is 1. The molecule has 3 rings (SSSR count). The summed E-state index contributed by atoms with van der Waals surface area (Å²) in [6, 6.07) is 0. The number of carbonyl (C=O) groups is 3. The summed E-state index contributed by atoms with van der Waals surface area (Å²) in [5, 5.41) is 19.7. The van der Waals surface area contributed by atoms with E-state index in [1.807, 2.05) is 13.0 Å². The van der Waals surface area contributed by atoms with Crippen molar-refractivity contribution in [3.63, 3.8) is 0 Å². The molecule has 0 saturated heterocycles. The maximum atomic E-state index is 12.6. The molecule has 0 spiro atoms. The Labute approximate surface area is 165 Å². The molecule has 0 radical (unpaired) electrons. The van der Waals surface area contributed by atoms with Crippen LogP contribution in [-0.2, 0) is 19.1 Å². The van der Waals surface area contributed by atoms with E-state index in [-0.39, 0.29) is 47.2 Å². The van der Waals surface area contributed by atoms with E-state index in [1.165, 1.54) is 6.92 Å². The summed E-state index contributed by atoms with van der Waals surface area (Å²) in [6.45, 7) is 5.74. The minimum atomic E-state index is -0.942. The highest BCUT2D eigenvalue weighted by atomic mass is 16.5. The van der Waals surface area contributed by atoms with Crippen LogP contribution < -0.4 is 0 Å². The predicted octanol–water partition coefficient (Wildman–Crippen LogP) is 3.67. The molecule has 0 aromatic rings. The maximum absolute atomic E-state index is 12.6. The quantitative estimate of drug-likeness (QED) is 0.695. The van der Waals surface area contributed by atoms with Gasteiger partial charge in [-0.25, -0.2) is 4.79 Å². The van der Waals surface area contributed by atoms with E-state index < -0.39 is 17.4 Å². The zero-order valence-corrected chi connectivity index (χ0v) is 16.8. The maximum Gasteiger partial charge on any atom is 0.335 e. The number of hydrogen-bond acceptors (Lipinski definition) is 4. The van der Waals surface area contributed by atoms with Gasteiger partial charge in [0.15, 0.2) is 0 Å². The van der Waals surface area contributed by atoms with Crippen LogP contribution in [0.3, 0.4) is 0 Å². The highest BCUT2D eigenvalue weighted by Gasteiger charge is 2.63. The largest absolute Gasteiger partial charge is 0.481 e. The predicted molar refractivity (Wildman–Crippen MR) is 102 cm³/mol. The van der Waals surface area contributed by atoms with Crippen molar-refractivity contribution in [1.82, 2.24) is 0 Å². The van der Waals surface area contributed by atoms with Crippen molar-refractivity contribution in [1.29, 1.82) is 0 Å². The average molecular weight is 390 g/mol. The van der Waals surface area contributed by atoms with Gasteiger partial charge in [0.05, 0.1) is 17.6 Å². The second-order valence-electron chi connectivity index (χ2n) is 9.12. The molecule has 6 heteroatoms. The highest BCUT2D eigenvalue weighted by Crippen LogP contribution is 2.65. The monoisotopic (exact) mass is 390 g/mol. The Hall–Kier alpha value is -2.11. The van der Waals surface area contributed by atoms with Crippen LogP contribution in [0.1, 0.15) is 52.9 Å². The number of aliphatic carboxylic acids is 2. The third-order valence-electron chi connectivity index (χ3n) is 7.61. The van der Waals surface area contributed by atoms with Crippen molar-refractivity contribution < 1.29 is 29.3 Å². The molecule has 6 nitrogen and oxygen atoms in total. The smallest absolute Gasteiger partial charge is 0.335 e. The number of carboxylic acids is 2. The number of rotatable bonds is 5. The lowest BCUT2D eigenvalue weighted by Gasteiger charge is -2.52. The number of carbonyl (C=O) groups excluding carboxylic acids is 1. The third-order valence-corrected chi connectivity index (χ3v) is 7.61. The van der Waals surface area contributed by atoms with Gasteiger partial charge in [0.1, 0.15) is 0 Å². The minimum Gasteiger partial charge on any atom is -0.481 e. The topological polar surface area (TPSA) is 101 Å². The SMILES string of the molecule is CC(=O)OCC(C)C1CCC2C3C=CC(C(=O)O)=CCC3(C)CCC12C(=O)O. The van der Waals surface area contributed by atoms with E-state index in [0.29, 0.717) is 12.8 Å². The van der Waals surface area contributed by atoms with Gasteiger partial charge in [0.2, 0.25) is 0 Å². The molecule has 2 N–H and O–H groups in total. The van der Waals surface area contributed by atoms with Gasteiger partial charge in [0, 0.05) is 6.92 Å². The van der Waals surface area contributed by atoms with Crippen molar-refractivity contribution in [2.24, 2.45) is 34.5 Å². The van der Waals surface area contributed by atoms with Crippen LogP contribution in [0.4, 0.5) is 0 Å². The summed E-state index contributed by atoms with van der Waals surface area (Å²) >= 11 is 0. The van der Waals surface area contributed by atoms with Gasteiger partial charge < -0.3 is 14.9 Å². The van der Waals surface area contributed by atoms with E-state index >= 15 is 0 Å². The number of allylic oxidation sites excluding steroid dienone is 2. The summed E-state index contributed by atoms with van der Waals surface area (Å²) in [6.07, 6.45) is 8.95. The van der Waals surface area contributed by atoms with Crippen molar-refractivity contribution in [3.8, 4) is 0 Å². The second kappa shape index (κ2) is 7.37. The normalized spacial score (nSPS) is 37.8. The number of carboxylic acid groups (broad SMARTS) is 2.